The van der Waals surface area contributed by atoms with Crippen molar-refractivity contribution < 1.29 is 14.9 Å². The van der Waals surface area contributed by atoms with Crippen LogP contribution in [0.25, 0.3) is 0 Å². The largest absolute Gasteiger partial charge is 0.394 e. The van der Waals surface area contributed by atoms with Gasteiger partial charge in [0.05, 0.1) is 12.7 Å². The fraction of sp³-hybridized carbons (Fsp3) is 0.667. The lowest BCUT2D eigenvalue weighted by atomic mass is 10.2. The summed E-state index contributed by atoms with van der Waals surface area (Å²) in [7, 11) is 0. The van der Waals surface area contributed by atoms with Crippen LogP contribution in [0.5, 0.6) is 0 Å². The molecule has 0 unspecified atom stereocenters. The van der Waals surface area contributed by atoms with E-state index in [0.717, 1.165) is 17.4 Å². The number of unbranched alkanes of at least 4 members (excludes halogenated alkanes) is 1. The average Bonchev–Trinajstić information content (AvgIpc) is 2.92. The number of aliphatic hydroxyl groups excluding tert-OH is 2. The first-order valence-corrected chi connectivity index (χ1v) is 8.00. The Bertz CT molecular complexity index is 724. The summed E-state index contributed by atoms with van der Waals surface area (Å²) in [6, 6.07) is 0. The summed E-state index contributed by atoms with van der Waals surface area (Å²) in [4.78, 5) is 29.0. The summed E-state index contributed by atoms with van der Waals surface area (Å²) in [5, 5.41) is 19.0. The van der Waals surface area contributed by atoms with Gasteiger partial charge in [0.1, 0.15) is 12.3 Å². The number of ether oxygens (including phenoxy) is 1. The van der Waals surface area contributed by atoms with E-state index >= 15 is 0 Å². The van der Waals surface area contributed by atoms with Gasteiger partial charge in [-0.15, -0.1) is 0 Å². The lowest BCUT2D eigenvalue weighted by molar-refractivity contribution is -0.0461. The molecule has 134 valence electrons. The van der Waals surface area contributed by atoms with Crippen molar-refractivity contribution in [1.82, 2.24) is 9.13 Å². The van der Waals surface area contributed by atoms with Crippen molar-refractivity contribution in [3.05, 3.63) is 32.6 Å². The molecule has 3 atom stereocenters. The lowest BCUT2D eigenvalue weighted by Crippen LogP contribution is -2.48. The summed E-state index contributed by atoms with van der Waals surface area (Å²) in [5.41, 5.74) is 4.91. The zero-order valence-electron chi connectivity index (χ0n) is 13.9. The highest BCUT2D eigenvalue weighted by Crippen LogP contribution is 2.27. The minimum Gasteiger partial charge on any atom is -0.394 e. The molecule has 1 fully saturated rings. The number of aliphatic imine (C=N–C) groups is 1. The highest BCUT2D eigenvalue weighted by Gasteiger charge is 2.35. The van der Waals surface area contributed by atoms with Gasteiger partial charge in [-0.25, -0.2) is 4.79 Å². The number of nitrogens with zero attached hydrogens (tertiary/aromatic N) is 3. The molecule has 1 aliphatic heterocycles. The summed E-state index contributed by atoms with van der Waals surface area (Å²) in [6.45, 7) is 3.62. The monoisotopic (exact) mass is 340 g/mol. The minimum absolute atomic E-state index is 0.135. The van der Waals surface area contributed by atoms with Gasteiger partial charge in [0.2, 0.25) is 5.96 Å². The van der Waals surface area contributed by atoms with E-state index in [2.05, 4.69) is 4.99 Å². The van der Waals surface area contributed by atoms with Gasteiger partial charge >= 0.3 is 5.69 Å². The fourth-order valence-electron chi connectivity index (χ4n) is 2.58. The van der Waals surface area contributed by atoms with Crippen molar-refractivity contribution in [3.63, 3.8) is 0 Å². The van der Waals surface area contributed by atoms with Gasteiger partial charge in [0.25, 0.3) is 5.56 Å². The van der Waals surface area contributed by atoms with E-state index < -0.39 is 29.7 Å². The smallest absolute Gasteiger partial charge is 0.340 e. The third-order valence-electron chi connectivity index (χ3n) is 3.99. The first kappa shape index (κ1) is 18.4. The Hall–Kier alpha value is -1.97. The molecule has 9 nitrogen and oxygen atoms in total. The number of aromatic nitrogens is 2. The topological polar surface area (TPSA) is 132 Å². The Morgan fingerprint density at radius 3 is 2.79 bits per heavy atom. The fourth-order valence-corrected chi connectivity index (χ4v) is 2.58. The van der Waals surface area contributed by atoms with Crippen molar-refractivity contribution in [2.45, 2.75) is 51.5 Å². The van der Waals surface area contributed by atoms with Crippen molar-refractivity contribution in [1.29, 1.82) is 0 Å². The molecule has 0 saturated carbocycles. The van der Waals surface area contributed by atoms with Crippen LogP contribution in [0.4, 0.5) is 0 Å². The summed E-state index contributed by atoms with van der Waals surface area (Å²) >= 11 is 0. The third kappa shape index (κ3) is 3.58. The van der Waals surface area contributed by atoms with Crippen LogP contribution in [-0.4, -0.2) is 50.7 Å². The molecule has 1 aromatic rings. The van der Waals surface area contributed by atoms with E-state index in [0.29, 0.717) is 12.1 Å². The minimum atomic E-state index is -0.886. The Morgan fingerprint density at radius 1 is 1.50 bits per heavy atom. The van der Waals surface area contributed by atoms with Crippen molar-refractivity contribution >= 4 is 5.96 Å². The van der Waals surface area contributed by atoms with Gasteiger partial charge in [0, 0.05) is 24.7 Å². The van der Waals surface area contributed by atoms with Gasteiger partial charge in [0.15, 0.2) is 0 Å². The van der Waals surface area contributed by atoms with E-state index in [1.165, 1.54) is 10.8 Å². The number of aliphatic hydroxyl groups is 2. The van der Waals surface area contributed by atoms with Gasteiger partial charge in [-0.05, 0) is 13.3 Å². The predicted octanol–water partition coefficient (Wildman–Crippen LogP) is -1.08. The molecule has 0 radical (unpaired) electrons. The Labute approximate surface area is 139 Å². The molecule has 1 aromatic heterocycles. The molecule has 2 rings (SSSR count). The highest BCUT2D eigenvalue weighted by molar-refractivity contribution is 5.80. The molecule has 4 N–H and O–H groups in total. The van der Waals surface area contributed by atoms with Crippen LogP contribution in [0.2, 0.25) is 0 Å². The van der Waals surface area contributed by atoms with E-state index in [4.69, 9.17) is 15.6 Å². The molecule has 1 saturated heterocycles. The van der Waals surface area contributed by atoms with E-state index in [9.17, 15) is 14.7 Å². The standard InChI is InChI=1S/C15H24N4O5/c1-3-4-5-17-14(16)19-13(22)9(2)7-18(15(19)23)12-6-10(21)11(8-20)24-12/h7,10-12,20-21H,3-6,8H2,1-2H3,(H2,16,17)/t10-,11+,12+/m0/s1. The van der Waals surface area contributed by atoms with Crippen LogP contribution in [-0.2, 0) is 4.74 Å². The second kappa shape index (κ2) is 7.73. The SMILES string of the molecule is CCCCN=C(N)n1c(=O)c(C)cn([C@H]2C[C@H](O)[C@@H](CO)O2)c1=O. The van der Waals surface area contributed by atoms with E-state index in [-0.39, 0.29) is 19.0 Å². The van der Waals surface area contributed by atoms with Gasteiger partial charge in [-0.2, -0.15) is 4.57 Å². The summed E-state index contributed by atoms with van der Waals surface area (Å²) in [5.74, 6) is -0.159. The molecule has 0 amide bonds. The molecule has 0 spiro atoms. The highest BCUT2D eigenvalue weighted by atomic mass is 16.5. The van der Waals surface area contributed by atoms with Gasteiger partial charge < -0.3 is 20.7 Å². The maximum absolute atomic E-state index is 12.6. The molecule has 0 aliphatic carbocycles. The molecule has 1 aliphatic rings. The zero-order chi connectivity index (χ0) is 17.9. The second-order valence-electron chi connectivity index (χ2n) is 5.85. The Balaban J connectivity index is 2.44. The predicted molar refractivity (Wildman–Crippen MR) is 88.1 cm³/mol. The Kier molecular flexibility index (Phi) is 5.92. The molecule has 9 heteroatoms. The number of hydrogen-bond acceptors (Lipinski definition) is 6. The normalized spacial score (nSPS) is 24.5. The molecule has 2 heterocycles. The third-order valence-corrected chi connectivity index (χ3v) is 3.99. The zero-order valence-corrected chi connectivity index (χ0v) is 13.9. The van der Waals surface area contributed by atoms with Crippen molar-refractivity contribution in [3.8, 4) is 0 Å². The first-order chi connectivity index (χ1) is 11.4. The number of nitrogens with two attached hydrogens (primary N) is 1. The summed E-state index contributed by atoms with van der Waals surface area (Å²) in [6.07, 6.45) is 0.791. The van der Waals surface area contributed by atoms with Gasteiger partial charge in [-0.3, -0.25) is 14.4 Å². The maximum Gasteiger partial charge on any atom is 0.340 e. The van der Waals surface area contributed by atoms with Crippen LogP contribution in [0, 0.1) is 6.92 Å². The van der Waals surface area contributed by atoms with Crippen molar-refractivity contribution in [2.24, 2.45) is 10.7 Å². The Morgan fingerprint density at radius 2 is 2.21 bits per heavy atom. The van der Waals surface area contributed by atoms with Crippen LogP contribution >= 0.6 is 0 Å². The molecular formula is C15H24N4O5. The second-order valence-corrected chi connectivity index (χ2v) is 5.85. The average molecular weight is 340 g/mol. The van der Waals surface area contributed by atoms with Crippen LogP contribution < -0.4 is 17.0 Å². The number of rotatable bonds is 5. The molecule has 0 aromatic carbocycles. The number of aryl methyl sites for hydroxylation is 1. The van der Waals surface area contributed by atoms with Crippen LogP contribution in [0.15, 0.2) is 20.8 Å². The molecule has 24 heavy (non-hydrogen) atoms. The molecule has 0 bridgehead atoms. The van der Waals surface area contributed by atoms with Crippen LogP contribution in [0.3, 0.4) is 0 Å². The van der Waals surface area contributed by atoms with Crippen LogP contribution in [0.1, 0.15) is 38.0 Å². The maximum atomic E-state index is 12.6. The lowest BCUT2D eigenvalue weighted by Gasteiger charge is -2.17. The molecular weight excluding hydrogens is 316 g/mol. The van der Waals surface area contributed by atoms with Gasteiger partial charge in [-0.1, -0.05) is 13.3 Å². The summed E-state index contributed by atoms with van der Waals surface area (Å²) < 4.78 is 7.50. The number of hydrogen-bond donors (Lipinski definition) is 3. The van der Waals surface area contributed by atoms with E-state index in [1.54, 1.807) is 6.92 Å². The first-order valence-electron chi connectivity index (χ1n) is 8.00. The van der Waals surface area contributed by atoms with E-state index in [1.807, 2.05) is 6.92 Å². The quantitative estimate of drug-likeness (QED) is 0.355. The van der Waals surface area contributed by atoms with Crippen molar-refractivity contribution in [2.75, 3.05) is 13.2 Å².